The normalized spacial score (nSPS) is 10.4. The van der Waals surface area contributed by atoms with Crippen LogP contribution in [0, 0.1) is 0 Å². The second kappa shape index (κ2) is 7.71. The second-order valence-corrected chi connectivity index (χ2v) is 4.31. The molecule has 1 aromatic carbocycles. The van der Waals surface area contributed by atoms with E-state index in [1.165, 1.54) is 13.3 Å². The summed E-state index contributed by atoms with van der Waals surface area (Å²) in [4.78, 5) is 16.2. The first-order valence-corrected chi connectivity index (χ1v) is 6.31. The van der Waals surface area contributed by atoms with Crippen molar-refractivity contribution < 1.29 is 14.4 Å². The van der Waals surface area contributed by atoms with Gasteiger partial charge in [-0.2, -0.15) is 0 Å². The van der Waals surface area contributed by atoms with E-state index in [1.807, 2.05) is 6.92 Å². The summed E-state index contributed by atoms with van der Waals surface area (Å²) in [5.74, 6) is 0.418. The SMILES string of the molecule is CCCO/N=C/c1cc(Br)ccc1OC(=O)NC. The van der Waals surface area contributed by atoms with Crippen molar-refractivity contribution in [3.63, 3.8) is 0 Å². The number of carbonyl (C=O) groups excluding carboxylic acids is 1. The lowest BCUT2D eigenvalue weighted by Gasteiger charge is -2.06. The molecule has 5 nitrogen and oxygen atoms in total. The van der Waals surface area contributed by atoms with E-state index in [4.69, 9.17) is 9.57 Å². The zero-order valence-corrected chi connectivity index (χ0v) is 11.9. The molecule has 0 aromatic heterocycles. The van der Waals surface area contributed by atoms with Gasteiger partial charge in [0.2, 0.25) is 0 Å². The third-order valence-electron chi connectivity index (χ3n) is 1.94. The van der Waals surface area contributed by atoms with Crippen molar-refractivity contribution in [1.82, 2.24) is 5.32 Å². The Kier molecular flexibility index (Phi) is 6.21. The number of amides is 1. The topological polar surface area (TPSA) is 59.9 Å². The molecule has 0 fully saturated rings. The fourth-order valence-corrected chi connectivity index (χ4v) is 1.48. The number of hydrogen-bond donors (Lipinski definition) is 1. The molecule has 1 rings (SSSR count). The quantitative estimate of drug-likeness (QED) is 0.516. The predicted molar refractivity (Wildman–Crippen MR) is 73.1 cm³/mol. The van der Waals surface area contributed by atoms with Gasteiger partial charge < -0.3 is 14.9 Å². The Labute approximate surface area is 114 Å². The van der Waals surface area contributed by atoms with Crippen LogP contribution in [0.15, 0.2) is 27.8 Å². The highest BCUT2D eigenvalue weighted by Crippen LogP contribution is 2.22. The van der Waals surface area contributed by atoms with Gasteiger partial charge in [0, 0.05) is 17.1 Å². The van der Waals surface area contributed by atoms with Crippen LogP contribution in [0.1, 0.15) is 18.9 Å². The summed E-state index contributed by atoms with van der Waals surface area (Å²) in [7, 11) is 1.50. The van der Waals surface area contributed by atoms with E-state index in [1.54, 1.807) is 18.2 Å². The standard InChI is InChI=1S/C12H15BrN2O3/c1-3-6-17-15-8-9-7-10(13)4-5-11(9)18-12(16)14-2/h4-5,7-8H,3,6H2,1-2H3,(H,14,16)/b15-8+. The number of carbonyl (C=O) groups is 1. The minimum absolute atomic E-state index is 0.418. The Balaban J connectivity index is 2.82. The lowest BCUT2D eigenvalue weighted by Crippen LogP contribution is -2.22. The van der Waals surface area contributed by atoms with Crippen molar-refractivity contribution in [3.05, 3.63) is 28.2 Å². The van der Waals surface area contributed by atoms with Crippen molar-refractivity contribution in [2.24, 2.45) is 5.16 Å². The summed E-state index contributed by atoms with van der Waals surface area (Å²) >= 11 is 3.34. The van der Waals surface area contributed by atoms with Gasteiger partial charge in [0.1, 0.15) is 12.4 Å². The minimum Gasteiger partial charge on any atom is -0.410 e. The number of hydrogen-bond acceptors (Lipinski definition) is 4. The fraction of sp³-hybridized carbons (Fsp3) is 0.333. The van der Waals surface area contributed by atoms with E-state index < -0.39 is 6.09 Å². The van der Waals surface area contributed by atoms with Crippen LogP contribution in [0.4, 0.5) is 4.79 Å². The molecule has 1 N–H and O–H groups in total. The summed E-state index contributed by atoms with van der Waals surface area (Å²) in [6.45, 7) is 2.55. The van der Waals surface area contributed by atoms with Gasteiger partial charge in [0.05, 0.1) is 6.21 Å². The summed E-state index contributed by atoms with van der Waals surface area (Å²) < 4.78 is 5.95. The molecule has 0 aliphatic carbocycles. The van der Waals surface area contributed by atoms with Crippen molar-refractivity contribution >= 4 is 28.2 Å². The van der Waals surface area contributed by atoms with Crippen LogP contribution in [0.25, 0.3) is 0 Å². The number of ether oxygens (including phenoxy) is 1. The fourth-order valence-electron chi connectivity index (χ4n) is 1.10. The lowest BCUT2D eigenvalue weighted by atomic mass is 10.2. The molecule has 0 spiro atoms. The summed E-state index contributed by atoms with van der Waals surface area (Å²) in [6, 6.07) is 5.25. The lowest BCUT2D eigenvalue weighted by molar-refractivity contribution is 0.146. The average molecular weight is 315 g/mol. The van der Waals surface area contributed by atoms with E-state index in [0.29, 0.717) is 17.9 Å². The maximum atomic E-state index is 11.2. The highest BCUT2D eigenvalue weighted by molar-refractivity contribution is 9.10. The van der Waals surface area contributed by atoms with Crippen molar-refractivity contribution in [2.45, 2.75) is 13.3 Å². The number of benzene rings is 1. The van der Waals surface area contributed by atoms with Crippen LogP contribution in [-0.4, -0.2) is 26.0 Å². The minimum atomic E-state index is -0.526. The molecular formula is C12H15BrN2O3. The zero-order chi connectivity index (χ0) is 13.4. The Hall–Kier alpha value is -1.56. The van der Waals surface area contributed by atoms with Gasteiger partial charge in [0.15, 0.2) is 0 Å². The molecule has 1 amide bonds. The number of oxime groups is 1. The van der Waals surface area contributed by atoms with Gasteiger partial charge >= 0.3 is 6.09 Å². The number of nitrogens with zero attached hydrogens (tertiary/aromatic N) is 1. The maximum Gasteiger partial charge on any atom is 0.412 e. The molecule has 0 bridgehead atoms. The van der Waals surface area contributed by atoms with Crippen molar-refractivity contribution in [3.8, 4) is 5.75 Å². The molecule has 0 unspecified atom stereocenters. The van der Waals surface area contributed by atoms with Crippen molar-refractivity contribution in [1.29, 1.82) is 0 Å². The highest BCUT2D eigenvalue weighted by Gasteiger charge is 2.07. The van der Waals surface area contributed by atoms with Crippen LogP contribution >= 0.6 is 15.9 Å². The van der Waals surface area contributed by atoms with Gasteiger partial charge in [-0.25, -0.2) is 4.79 Å². The molecule has 0 atom stereocenters. The van der Waals surface area contributed by atoms with Gasteiger partial charge in [0.25, 0.3) is 0 Å². The second-order valence-electron chi connectivity index (χ2n) is 3.39. The monoisotopic (exact) mass is 314 g/mol. The summed E-state index contributed by atoms with van der Waals surface area (Å²) in [6.07, 6.45) is 1.87. The Bertz CT molecular complexity index is 435. The predicted octanol–water partition coefficient (Wildman–Crippen LogP) is 2.93. The van der Waals surface area contributed by atoms with Crippen LogP contribution < -0.4 is 10.1 Å². The van der Waals surface area contributed by atoms with Gasteiger partial charge in [-0.15, -0.1) is 0 Å². The zero-order valence-electron chi connectivity index (χ0n) is 10.3. The van der Waals surface area contributed by atoms with E-state index >= 15 is 0 Å². The molecule has 1 aromatic rings. The van der Waals surface area contributed by atoms with Gasteiger partial charge in [-0.05, 0) is 24.6 Å². The first kappa shape index (κ1) is 14.5. The largest absolute Gasteiger partial charge is 0.412 e. The van der Waals surface area contributed by atoms with E-state index in [0.717, 1.165) is 10.9 Å². The van der Waals surface area contributed by atoms with Crippen LogP contribution in [-0.2, 0) is 4.84 Å². The Morgan fingerprint density at radius 3 is 3.00 bits per heavy atom. The van der Waals surface area contributed by atoms with Gasteiger partial charge in [-0.1, -0.05) is 28.0 Å². The molecule has 0 saturated heterocycles. The van der Waals surface area contributed by atoms with E-state index in [-0.39, 0.29) is 0 Å². The van der Waals surface area contributed by atoms with Gasteiger partial charge in [-0.3, -0.25) is 0 Å². The summed E-state index contributed by atoms with van der Waals surface area (Å²) in [5, 5.41) is 6.19. The molecule has 0 aliphatic rings. The van der Waals surface area contributed by atoms with Crippen LogP contribution in [0.5, 0.6) is 5.75 Å². The molecular weight excluding hydrogens is 300 g/mol. The highest BCUT2D eigenvalue weighted by atomic mass is 79.9. The van der Waals surface area contributed by atoms with Crippen LogP contribution in [0.3, 0.4) is 0 Å². The van der Waals surface area contributed by atoms with Crippen LogP contribution in [0.2, 0.25) is 0 Å². The third-order valence-corrected chi connectivity index (χ3v) is 2.43. The van der Waals surface area contributed by atoms with E-state index in [9.17, 15) is 4.79 Å². The molecule has 18 heavy (non-hydrogen) atoms. The Morgan fingerprint density at radius 2 is 2.33 bits per heavy atom. The number of nitrogens with one attached hydrogen (secondary N) is 1. The molecule has 98 valence electrons. The summed E-state index contributed by atoms with van der Waals surface area (Å²) in [5.41, 5.74) is 0.657. The first-order valence-electron chi connectivity index (χ1n) is 5.51. The maximum absolute atomic E-state index is 11.2. The van der Waals surface area contributed by atoms with Crippen molar-refractivity contribution in [2.75, 3.05) is 13.7 Å². The first-order chi connectivity index (χ1) is 8.67. The third kappa shape index (κ3) is 4.75. The number of halogens is 1. The molecule has 0 heterocycles. The van der Waals surface area contributed by atoms with E-state index in [2.05, 4.69) is 26.4 Å². The number of rotatable bonds is 5. The average Bonchev–Trinajstić information content (AvgIpc) is 2.37. The molecule has 0 aliphatic heterocycles. The molecule has 0 saturated carbocycles. The molecule has 0 radical (unpaired) electrons. The Morgan fingerprint density at radius 1 is 1.56 bits per heavy atom. The molecule has 6 heteroatoms. The smallest absolute Gasteiger partial charge is 0.410 e.